The second kappa shape index (κ2) is 14.6. The Hall–Kier alpha value is -1.13. The number of halogens is 3. The summed E-state index contributed by atoms with van der Waals surface area (Å²) >= 11 is 17.0. The number of alkyl halides is 3. The van der Waals surface area contributed by atoms with Gasteiger partial charge in [-0.25, -0.2) is 0 Å². The molecule has 21 heteroatoms. The summed E-state index contributed by atoms with van der Waals surface area (Å²) in [5.74, 6) is -4.49. The van der Waals surface area contributed by atoms with Crippen LogP contribution >= 0.6 is 34.8 Å². The van der Waals surface area contributed by atoms with Crippen LogP contribution in [0.4, 0.5) is 0 Å². The molecule has 0 unspecified atom stereocenters. The maximum absolute atomic E-state index is 13.0. The first-order valence-electron chi connectivity index (χ1n) is 14.4. The second-order valence-electron chi connectivity index (χ2n) is 12.0. The van der Waals surface area contributed by atoms with Gasteiger partial charge in [0, 0.05) is 20.8 Å². The summed E-state index contributed by atoms with van der Waals surface area (Å²) < 4.78 is 89.3. The number of hydrogen-bond acceptors (Lipinski definition) is 16. The van der Waals surface area contributed by atoms with E-state index in [1.54, 1.807) is 27.7 Å². The summed E-state index contributed by atoms with van der Waals surface area (Å²) in [6.45, 7) is 8.34. The average molecular weight is 759 g/mol. The first-order chi connectivity index (χ1) is 21.5. The summed E-state index contributed by atoms with van der Waals surface area (Å²) in [5.41, 5.74) is 0. The Labute approximate surface area is 286 Å². The van der Waals surface area contributed by atoms with Crippen LogP contribution in [0, 0.1) is 0 Å². The van der Waals surface area contributed by atoms with Crippen molar-refractivity contribution in [3.05, 3.63) is 0 Å². The average Bonchev–Trinajstić information content (AvgIpc) is 3.40. The Morgan fingerprint density at radius 3 is 1.94 bits per heavy atom. The molecule has 4 rings (SSSR count). The lowest BCUT2D eigenvalue weighted by Gasteiger charge is -2.45. The van der Waals surface area contributed by atoms with E-state index in [0.717, 1.165) is 20.8 Å². The summed E-state index contributed by atoms with van der Waals surface area (Å²) in [6, 6.07) is -1.66. The zero-order valence-electron chi connectivity index (χ0n) is 26.5. The molecule has 4 aliphatic heterocycles. The highest BCUT2D eigenvalue weighted by Crippen LogP contribution is 2.44. The van der Waals surface area contributed by atoms with Crippen LogP contribution in [0.2, 0.25) is 0 Å². The number of rotatable bonds is 11. The molecular weight excluding hydrogens is 721 g/mol. The van der Waals surface area contributed by atoms with Crippen molar-refractivity contribution in [1.82, 2.24) is 4.72 Å². The van der Waals surface area contributed by atoms with Crippen molar-refractivity contribution in [3.63, 3.8) is 0 Å². The van der Waals surface area contributed by atoms with Crippen molar-refractivity contribution in [2.24, 2.45) is 0 Å². The number of carbonyl (C=O) groups excluding carboxylic acids is 3. The van der Waals surface area contributed by atoms with E-state index in [-0.39, 0.29) is 6.61 Å². The number of esters is 3. The van der Waals surface area contributed by atoms with Crippen LogP contribution < -0.4 is 4.72 Å². The van der Waals surface area contributed by atoms with Gasteiger partial charge in [0.2, 0.25) is 3.79 Å². The summed E-state index contributed by atoms with van der Waals surface area (Å²) in [4.78, 5) is 36.1. The first kappa shape index (κ1) is 38.7. The van der Waals surface area contributed by atoms with Crippen molar-refractivity contribution >= 4 is 63.0 Å². The monoisotopic (exact) mass is 757 g/mol. The summed E-state index contributed by atoms with van der Waals surface area (Å²) in [6.07, 6.45) is -9.89. The highest BCUT2D eigenvalue weighted by atomic mass is 35.6. The van der Waals surface area contributed by atoms with Crippen LogP contribution in [-0.2, 0) is 76.2 Å². The van der Waals surface area contributed by atoms with E-state index in [1.165, 1.54) is 0 Å². The van der Waals surface area contributed by atoms with E-state index >= 15 is 0 Å². The smallest absolute Gasteiger partial charge is 0.336 e. The van der Waals surface area contributed by atoms with E-state index < -0.39 is 118 Å². The van der Waals surface area contributed by atoms with Gasteiger partial charge in [-0.15, -0.1) is 0 Å². The minimum atomic E-state index is -4.80. The van der Waals surface area contributed by atoms with Crippen LogP contribution in [0.5, 0.6) is 0 Å². The van der Waals surface area contributed by atoms with Gasteiger partial charge < -0.3 is 47.4 Å². The van der Waals surface area contributed by atoms with Gasteiger partial charge in [0.05, 0.1) is 6.61 Å². The van der Waals surface area contributed by atoms with Crippen molar-refractivity contribution in [3.8, 4) is 0 Å². The quantitative estimate of drug-likeness (QED) is 0.179. The van der Waals surface area contributed by atoms with Gasteiger partial charge in [-0.05, 0) is 27.7 Å². The van der Waals surface area contributed by atoms with E-state index in [9.17, 15) is 22.8 Å². The predicted molar refractivity (Wildman–Crippen MR) is 157 cm³/mol. The van der Waals surface area contributed by atoms with Gasteiger partial charge in [-0.3, -0.25) is 18.6 Å². The minimum absolute atomic E-state index is 0.336. The molecule has 0 radical (unpaired) electrons. The first-order valence-corrected chi connectivity index (χ1v) is 16.9. The molecular formula is C26H38Cl3NO16S. The molecule has 270 valence electrons. The fraction of sp³-hybridized carbons (Fsp3) is 0.885. The molecule has 4 saturated heterocycles. The van der Waals surface area contributed by atoms with Crippen LogP contribution in [-0.4, -0.2) is 123 Å². The molecule has 47 heavy (non-hydrogen) atoms. The molecule has 0 bridgehead atoms. The lowest BCUT2D eigenvalue weighted by Crippen LogP contribution is -2.67. The highest BCUT2D eigenvalue weighted by Gasteiger charge is 2.61. The van der Waals surface area contributed by atoms with Gasteiger partial charge in [0.1, 0.15) is 49.8 Å². The van der Waals surface area contributed by atoms with Crippen molar-refractivity contribution < 1.29 is 74.4 Å². The third-order valence-corrected chi connectivity index (χ3v) is 8.35. The molecule has 10 atom stereocenters. The van der Waals surface area contributed by atoms with Gasteiger partial charge in [-0.1, -0.05) is 34.8 Å². The van der Waals surface area contributed by atoms with Crippen molar-refractivity contribution in [1.29, 1.82) is 0 Å². The second-order valence-corrected chi connectivity index (χ2v) is 15.9. The van der Waals surface area contributed by atoms with Crippen LogP contribution in [0.1, 0.15) is 48.5 Å². The topological polar surface area (TPSA) is 199 Å². The highest BCUT2D eigenvalue weighted by molar-refractivity contribution is 7.84. The molecule has 0 spiro atoms. The fourth-order valence-corrected chi connectivity index (χ4v) is 6.87. The summed E-state index contributed by atoms with van der Waals surface area (Å²) in [7, 11) is -4.80. The molecule has 4 heterocycles. The van der Waals surface area contributed by atoms with E-state index in [1.807, 2.05) is 0 Å². The number of nitrogens with one attached hydrogen (secondary N) is 1. The normalized spacial score (nSPS) is 36.2. The lowest BCUT2D eigenvalue weighted by atomic mass is 9.96. The predicted octanol–water partition coefficient (Wildman–Crippen LogP) is 1.14. The zero-order chi connectivity index (χ0) is 35.1. The molecule has 4 aliphatic rings. The SMILES string of the molecule is CC(=O)OC[C@H]1O[C@@H](OC[C@H]2O[C@@H]3OC(C)(C)O[C@@H]3[C@H]3OC(C)(C)O[C@H]32)[C@H](NS(=O)(=O)OCC(Cl)(Cl)Cl)[C@@H](OC(C)=O)[C@@H]1OC(C)=O. The zero-order valence-corrected chi connectivity index (χ0v) is 29.6. The molecule has 0 saturated carbocycles. The summed E-state index contributed by atoms with van der Waals surface area (Å²) in [5, 5.41) is 0. The maximum atomic E-state index is 13.0. The molecule has 0 aromatic carbocycles. The van der Waals surface area contributed by atoms with Crippen LogP contribution in [0.3, 0.4) is 0 Å². The number of hydrogen-bond donors (Lipinski definition) is 1. The fourth-order valence-electron chi connectivity index (χ4n) is 5.53. The third kappa shape index (κ3) is 10.4. The molecule has 0 aliphatic carbocycles. The van der Waals surface area contributed by atoms with E-state index in [2.05, 4.69) is 4.72 Å². The molecule has 1 N–H and O–H groups in total. The number of fused-ring (bicyclic) bond motifs is 3. The van der Waals surface area contributed by atoms with Crippen LogP contribution in [0.15, 0.2) is 0 Å². The van der Waals surface area contributed by atoms with Crippen molar-refractivity contribution in [2.45, 2.75) is 125 Å². The largest absolute Gasteiger partial charge is 0.463 e. The van der Waals surface area contributed by atoms with Gasteiger partial charge in [0.25, 0.3) is 0 Å². The Bertz CT molecular complexity index is 1280. The molecule has 0 aromatic heterocycles. The third-order valence-electron chi connectivity index (χ3n) is 7.04. The number of ether oxygens (including phenoxy) is 10. The van der Waals surface area contributed by atoms with Gasteiger partial charge in [-0.2, -0.15) is 13.1 Å². The Morgan fingerprint density at radius 1 is 0.766 bits per heavy atom. The van der Waals surface area contributed by atoms with E-state index in [4.69, 9.17) is 86.4 Å². The lowest BCUT2D eigenvalue weighted by molar-refractivity contribution is -0.295. The molecule has 0 aromatic rings. The molecule has 17 nitrogen and oxygen atoms in total. The van der Waals surface area contributed by atoms with Gasteiger partial charge >= 0.3 is 28.2 Å². The van der Waals surface area contributed by atoms with E-state index in [0.29, 0.717) is 0 Å². The van der Waals surface area contributed by atoms with Crippen LogP contribution in [0.25, 0.3) is 0 Å². The molecule has 0 amide bonds. The minimum Gasteiger partial charge on any atom is -0.463 e. The van der Waals surface area contributed by atoms with Crippen molar-refractivity contribution in [2.75, 3.05) is 19.8 Å². The Balaban J connectivity index is 1.65. The standard InChI is InChI=1S/C26H38Cl3NO16S/c1-11(31)36-8-14-17(39-12(2)32)19(40-13(3)33)16(30-47(34,35)38-10-26(27,28)29)22(41-14)37-9-15-18-20(44-24(4,5)43-18)21-23(42-15)46-25(6,7)45-21/h14-23,30H,8-10H2,1-7H3/t14-,15-,16-,17-,18+,19-,20+,21-,22-,23-/m1/s1. The Kier molecular flexibility index (Phi) is 12.0. The number of carbonyl (C=O) groups is 3. The maximum Gasteiger partial charge on any atom is 0.336 e. The van der Waals surface area contributed by atoms with Gasteiger partial charge in [0.15, 0.2) is 36.4 Å². The Morgan fingerprint density at radius 2 is 1.34 bits per heavy atom. The molecule has 4 fully saturated rings.